The summed E-state index contributed by atoms with van der Waals surface area (Å²) in [6, 6.07) is 0.341. The lowest BCUT2D eigenvalue weighted by Gasteiger charge is -2.30. The molecule has 1 saturated heterocycles. The second-order valence-corrected chi connectivity index (χ2v) is 6.29. The highest BCUT2D eigenvalue weighted by Gasteiger charge is 2.41. The van der Waals surface area contributed by atoms with Crippen LogP contribution in [0.15, 0.2) is 0 Å². The van der Waals surface area contributed by atoms with Crippen molar-refractivity contribution < 1.29 is 4.79 Å². The molecule has 4 unspecified atom stereocenters. The summed E-state index contributed by atoms with van der Waals surface area (Å²) in [6.45, 7) is 7.04. The van der Waals surface area contributed by atoms with Gasteiger partial charge in [0, 0.05) is 25.7 Å². The van der Waals surface area contributed by atoms with Gasteiger partial charge in [-0.2, -0.15) is 0 Å². The van der Waals surface area contributed by atoms with E-state index in [2.05, 4.69) is 17.1 Å². The molecule has 4 atom stereocenters. The topological polar surface area (TPSA) is 58.4 Å². The number of amides is 1. The van der Waals surface area contributed by atoms with E-state index in [9.17, 15) is 4.79 Å². The highest BCUT2D eigenvalue weighted by molar-refractivity contribution is 5.81. The Morgan fingerprint density at radius 1 is 1.42 bits per heavy atom. The minimum absolute atomic E-state index is 0.00495. The molecule has 2 aliphatic rings. The number of carbonyl (C=O) groups excluding carboxylic acids is 1. The largest absolute Gasteiger partial charge is 0.355 e. The van der Waals surface area contributed by atoms with E-state index in [4.69, 9.17) is 5.73 Å². The molecule has 4 nitrogen and oxygen atoms in total. The van der Waals surface area contributed by atoms with Crippen molar-refractivity contribution >= 4 is 5.91 Å². The van der Waals surface area contributed by atoms with Crippen LogP contribution in [0.25, 0.3) is 0 Å². The zero-order chi connectivity index (χ0) is 13.8. The van der Waals surface area contributed by atoms with E-state index in [1.54, 1.807) is 0 Å². The molecule has 0 spiro atoms. The zero-order valence-corrected chi connectivity index (χ0v) is 12.4. The molecule has 2 rings (SSSR count). The van der Waals surface area contributed by atoms with Crippen LogP contribution in [0.4, 0.5) is 0 Å². The van der Waals surface area contributed by atoms with Gasteiger partial charge >= 0.3 is 0 Å². The van der Waals surface area contributed by atoms with Crippen molar-refractivity contribution in [2.75, 3.05) is 19.6 Å². The van der Waals surface area contributed by atoms with Gasteiger partial charge in [0.2, 0.25) is 5.91 Å². The van der Waals surface area contributed by atoms with Crippen molar-refractivity contribution in [3.05, 3.63) is 0 Å². The Balaban J connectivity index is 1.83. The molecule has 19 heavy (non-hydrogen) atoms. The minimum Gasteiger partial charge on any atom is -0.355 e. The van der Waals surface area contributed by atoms with Crippen LogP contribution in [-0.4, -0.2) is 42.5 Å². The van der Waals surface area contributed by atoms with Crippen LogP contribution in [0.2, 0.25) is 0 Å². The Morgan fingerprint density at radius 2 is 2.21 bits per heavy atom. The lowest BCUT2D eigenvalue weighted by atomic mass is 9.78. The van der Waals surface area contributed by atoms with Crippen molar-refractivity contribution in [2.45, 2.75) is 58.0 Å². The van der Waals surface area contributed by atoms with Crippen molar-refractivity contribution in [1.29, 1.82) is 0 Å². The zero-order valence-electron chi connectivity index (χ0n) is 12.4. The molecular weight excluding hydrogens is 238 g/mol. The van der Waals surface area contributed by atoms with Gasteiger partial charge < -0.3 is 11.1 Å². The minimum atomic E-state index is -0.00495. The van der Waals surface area contributed by atoms with E-state index in [1.807, 2.05) is 6.92 Å². The van der Waals surface area contributed by atoms with Crippen molar-refractivity contribution in [2.24, 2.45) is 17.6 Å². The van der Waals surface area contributed by atoms with Crippen LogP contribution in [0.1, 0.15) is 46.0 Å². The number of likely N-dealkylation sites (tertiary alicyclic amines) is 1. The number of hydrogen-bond donors (Lipinski definition) is 2. The van der Waals surface area contributed by atoms with Gasteiger partial charge in [-0.3, -0.25) is 9.69 Å². The molecule has 1 heterocycles. The van der Waals surface area contributed by atoms with Gasteiger partial charge in [-0.1, -0.05) is 19.8 Å². The normalized spacial score (nSPS) is 32.9. The predicted molar refractivity (Wildman–Crippen MR) is 77.8 cm³/mol. The second-order valence-electron chi connectivity index (χ2n) is 6.29. The fourth-order valence-electron chi connectivity index (χ4n) is 3.57. The number of nitrogens with two attached hydrogens (primary N) is 1. The van der Waals surface area contributed by atoms with Crippen molar-refractivity contribution in [3.63, 3.8) is 0 Å². The van der Waals surface area contributed by atoms with E-state index in [1.165, 1.54) is 12.8 Å². The van der Waals surface area contributed by atoms with Crippen LogP contribution in [0.3, 0.4) is 0 Å². The first-order chi connectivity index (χ1) is 9.13. The number of fused-ring (bicyclic) bond motifs is 1. The lowest BCUT2D eigenvalue weighted by molar-refractivity contribution is -0.125. The van der Waals surface area contributed by atoms with Gasteiger partial charge in [0.1, 0.15) is 0 Å². The number of nitrogens with zero attached hydrogens (tertiary/aromatic N) is 1. The van der Waals surface area contributed by atoms with Crippen molar-refractivity contribution in [1.82, 2.24) is 10.2 Å². The molecule has 110 valence electrons. The van der Waals surface area contributed by atoms with Crippen molar-refractivity contribution in [3.8, 4) is 0 Å². The van der Waals surface area contributed by atoms with Gasteiger partial charge in [-0.05, 0) is 38.0 Å². The summed E-state index contributed by atoms with van der Waals surface area (Å²) in [6.07, 6.45) is 5.89. The fraction of sp³-hybridized carbons (Fsp3) is 0.933. The quantitative estimate of drug-likeness (QED) is 0.739. The van der Waals surface area contributed by atoms with Gasteiger partial charge in [0.25, 0.3) is 0 Å². The second kappa shape index (κ2) is 6.71. The Morgan fingerprint density at radius 3 is 2.89 bits per heavy atom. The Hall–Kier alpha value is -0.610. The summed E-state index contributed by atoms with van der Waals surface area (Å²) in [4.78, 5) is 14.4. The van der Waals surface area contributed by atoms with E-state index in [0.717, 1.165) is 44.8 Å². The molecule has 4 heteroatoms. The first kappa shape index (κ1) is 14.8. The first-order valence-electron chi connectivity index (χ1n) is 7.90. The molecule has 1 amide bonds. The summed E-state index contributed by atoms with van der Waals surface area (Å²) < 4.78 is 0. The predicted octanol–water partition coefficient (Wildman–Crippen LogP) is 1.35. The molecule has 0 aromatic heterocycles. The third-order valence-electron chi connectivity index (χ3n) is 4.94. The average molecular weight is 267 g/mol. The monoisotopic (exact) mass is 267 g/mol. The molecular formula is C15H29N3O. The van der Waals surface area contributed by atoms with Crippen LogP contribution < -0.4 is 11.1 Å². The van der Waals surface area contributed by atoms with E-state index >= 15 is 0 Å². The molecule has 0 aromatic rings. The summed E-state index contributed by atoms with van der Waals surface area (Å²) in [7, 11) is 0. The maximum Gasteiger partial charge on any atom is 0.237 e. The molecule has 0 radical (unpaired) electrons. The molecule has 1 aliphatic heterocycles. The molecule has 1 saturated carbocycles. The van der Waals surface area contributed by atoms with Crippen LogP contribution in [0, 0.1) is 11.8 Å². The SMILES string of the molecule is CCCCNC(=O)C(C)N1CC2CCCC(N)C2C1. The summed E-state index contributed by atoms with van der Waals surface area (Å²) in [5.74, 6) is 1.51. The van der Waals surface area contributed by atoms with Gasteiger partial charge in [-0.15, -0.1) is 0 Å². The Kier molecular flexibility index (Phi) is 5.22. The number of hydrogen-bond acceptors (Lipinski definition) is 3. The number of nitrogens with one attached hydrogen (secondary N) is 1. The Bertz CT molecular complexity index is 308. The lowest BCUT2D eigenvalue weighted by Crippen LogP contribution is -2.45. The third-order valence-corrected chi connectivity index (χ3v) is 4.94. The summed E-state index contributed by atoms with van der Waals surface area (Å²) in [5.41, 5.74) is 6.23. The standard InChI is InChI=1S/C15H29N3O/c1-3-4-8-17-15(19)11(2)18-9-12-6-5-7-14(16)13(12)10-18/h11-14H,3-10,16H2,1-2H3,(H,17,19). The smallest absolute Gasteiger partial charge is 0.237 e. The highest BCUT2D eigenvalue weighted by atomic mass is 16.2. The van der Waals surface area contributed by atoms with E-state index in [-0.39, 0.29) is 11.9 Å². The van der Waals surface area contributed by atoms with E-state index < -0.39 is 0 Å². The molecule has 0 aromatic carbocycles. The Labute approximate surface area is 117 Å². The fourth-order valence-corrected chi connectivity index (χ4v) is 3.57. The van der Waals surface area contributed by atoms with Crippen LogP contribution in [0.5, 0.6) is 0 Å². The maximum absolute atomic E-state index is 12.1. The first-order valence-corrected chi connectivity index (χ1v) is 7.90. The average Bonchev–Trinajstić information content (AvgIpc) is 2.83. The molecule has 1 aliphatic carbocycles. The number of carbonyl (C=O) groups is 1. The van der Waals surface area contributed by atoms with Gasteiger partial charge in [-0.25, -0.2) is 0 Å². The molecule has 0 bridgehead atoms. The van der Waals surface area contributed by atoms with Gasteiger partial charge in [0.05, 0.1) is 6.04 Å². The summed E-state index contributed by atoms with van der Waals surface area (Å²) in [5, 5.41) is 3.04. The van der Waals surface area contributed by atoms with Gasteiger partial charge in [0.15, 0.2) is 0 Å². The molecule has 3 N–H and O–H groups in total. The van der Waals surface area contributed by atoms with Crippen LogP contribution in [-0.2, 0) is 4.79 Å². The number of rotatable bonds is 5. The highest BCUT2D eigenvalue weighted by Crippen LogP contribution is 2.36. The van der Waals surface area contributed by atoms with E-state index in [0.29, 0.717) is 12.0 Å². The maximum atomic E-state index is 12.1. The van der Waals surface area contributed by atoms with Crippen LogP contribution >= 0.6 is 0 Å². The molecule has 2 fully saturated rings. The summed E-state index contributed by atoms with van der Waals surface area (Å²) >= 11 is 0. The third kappa shape index (κ3) is 3.48. The number of unbranched alkanes of at least 4 members (excludes halogenated alkanes) is 1.